The number of aromatic nitrogens is 2. The predicted octanol–water partition coefficient (Wildman–Crippen LogP) is 4.44. The van der Waals surface area contributed by atoms with Gasteiger partial charge in [-0.25, -0.2) is 4.79 Å². The molecule has 31 heavy (non-hydrogen) atoms. The Bertz CT molecular complexity index is 1080. The van der Waals surface area contributed by atoms with E-state index in [9.17, 15) is 9.59 Å². The van der Waals surface area contributed by atoms with Crippen LogP contribution in [-0.2, 0) is 4.79 Å². The van der Waals surface area contributed by atoms with Gasteiger partial charge in [-0.2, -0.15) is 4.98 Å². The first-order valence-corrected chi connectivity index (χ1v) is 10.5. The molecule has 0 radical (unpaired) electrons. The maximum atomic E-state index is 12.5. The Morgan fingerprint density at radius 2 is 2.06 bits per heavy atom. The maximum absolute atomic E-state index is 12.5. The average Bonchev–Trinajstić information content (AvgIpc) is 3.40. The molecule has 0 saturated carbocycles. The Hall–Kier alpha value is -3.39. The van der Waals surface area contributed by atoms with Crippen LogP contribution in [0.3, 0.4) is 0 Å². The summed E-state index contributed by atoms with van der Waals surface area (Å²) in [7, 11) is 0. The molecule has 1 atom stereocenters. The number of anilines is 2. The normalized spacial score (nSPS) is 15.9. The lowest BCUT2D eigenvalue weighted by molar-refractivity contribution is -0.117. The Balaban J connectivity index is 1.42. The van der Waals surface area contributed by atoms with Crippen LogP contribution in [-0.4, -0.2) is 35.2 Å². The Morgan fingerprint density at radius 3 is 2.81 bits per heavy atom. The number of urea groups is 1. The first-order chi connectivity index (χ1) is 15.0. The highest BCUT2D eigenvalue weighted by molar-refractivity contribution is 6.30. The lowest BCUT2D eigenvalue weighted by Gasteiger charge is -2.16. The molecule has 2 heterocycles. The topological polar surface area (TPSA) is 100 Å². The highest BCUT2D eigenvalue weighted by Crippen LogP contribution is 2.33. The van der Waals surface area contributed by atoms with Crippen LogP contribution in [0.4, 0.5) is 16.2 Å². The van der Waals surface area contributed by atoms with Crippen LogP contribution in [0.1, 0.15) is 31.6 Å². The van der Waals surface area contributed by atoms with Crippen molar-refractivity contribution in [2.45, 2.75) is 25.7 Å². The summed E-state index contributed by atoms with van der Waals surface area (Å²) in [6.07, 6.45) is 1.17. The molecule has 1 saturated heterocycles. The molecule has 3 aromatic rings. The van der Waals surface area contributed by atoms with E-state index >= 15 is 0 Å². The summed E-state index contributed by atoms with van der Waals surface area (Å²) in [5, 5.41) is 10.2. The first-order valence-electron chi connectivity index (χ1n) is 10.1. The third kappa shape index (κ3) is 4.86. The standard InChI is InChI=1S/C22H22ClN5O3/c1-2-10-24-22(30)25-17-8-6-14(7-9-17)20-26-21(31-27-20)15-11-19(29)28(13-15)18-5-3-4-16(23)12-18/h3-9,12,15H,2,10-11,13H2,1H3,(H2,24,25,30)/t15-/m0/s1. The number of nitrogens with zero attached hydrogens (tertiary/aromatic N) is 3. The molecule has 8 nitrogen and oxygen atoms in total. The number of hydrogen-bond donors (Lipinski definition) is 2. The van der Waals surface area contributed by atoms with E-state index in [1.807, 2.05) is 31.2 Å². The molecule has 0 unspecified atom stereocenters. The molecule has 9 heteroatoms. The maximum Gasteiger partial charge on any atom is 0.319 e. The zero-order valence-electron chi connectivity index (χ0n) is 17.0. The molecular formula is C22H22ClN5O3. The van der Waals surface area contributed by atoms with E-state index in [2.05, 4.69) is 20.8 Å². The van der Waals surface area contributed by atoms with E-state index in [-0.39, 0.29) is 17.9 Å². The molecule has 0 spiro atoms. The fourth-order valence-electron chi connectivity index (χ4n) is 3.40. The second-order valence-electron chi connectivity index (χ2n) is 7.30. The van der Waals surface area contributed by atoms with Gasteiger partial charge in [-0.3, -0.25) is 4.79 Å². The molecule has 0 aliphatic carbocycles. The van der Waals surface area contributed by atoms with E-state index in [1.54, 1.807) is 29.2 Å². The molecule has 160 valence electrons. The Labute approximate surface area is 184 Å². The van der Waals surface area contributed by atoms with Crippen molar-refractivity contribution in [1.82, 2.24) is 15.5 Å². The molecule has 2 aromatic carbocycles. The van der Waals surface area contributed by atoms with Gasteiger partial charge in [-0.1, -0.05) is 29.7 Å². The summed E-state index contributed by atoms with van der Waals surface area (Å²) in [5.74, 6) is 0.666. The van der Waals surface area contributed by atoms with Gasteiger partial charge in [0.15, 0.2) is 0 Å². The third-order valence-electron chi connectivity index (χ3n) is 4.97. The van der Waals surface area contributed by atoms with Crippen LogP contribution >= 0.6 is 11.6 Å². The molecule has 1 aliphatic heterocycles. The van der Waals surface area contributed by atoms with Crippen LogP contribution in [0.5, 0.6) is 0 Å². The van der Waals surface area contributed by atoms with Gasteiger partial charge in [0.2, 0.25) is 17.6 Å². The Kier molecular flexibility index (Phi) is 6.18. The van der Waals surface area contributed by atoms with Crippen molar-refractivity contribution in [1.29, 1.82) is 0 Å². The van der Waals surface area contributed by atoms with Gasteiger partial charge in [0, 0.05) is 41.5 Å². The van der Waals surface area contributed by atoms with Gasteiger partial charge in [-0.05, 0) is 48.9 Å². The van der Waals surface area contributed by atoms with Crippen LogP contribution in [0.25, 0.3) is 11.4 Å². The third-order valence-corrected chi connectivity index (χ3v) is 5.21. The minimum Gasteiger partial charge on any atom is -0.339 e. The van der Waals surface area contributed by atoms with Gasteiger partial charge in [-0.15, -0.1) is 0 Å². The zero-order valence-corrected chi connectivity index (χ0v) is 17.7. The number of carbonyl (C=O) groups is 2. The molecule has 1 aromatic heterocycles. The quantitative estimate of drug-likeness (QED) is 0.591. The summed E-state index contributed by atoms with van der Waals surface area (Å²) in [6.45, 7) is 3.06. The SMILES string of the molecule is CCCNC(=O)Nc1ccc(-c2noc([C@H]3CC(=O)N(c4cccc(Cl)c4)C3)n2)cc1. The van der Waals surface area contributed by atoms with Crippen molar-refractivity contribution in [3.05, 3.63) is 59.4 Å². The second kappa shape index (κ2) is 9.18. The first kappa shape index (κ1) is 20.9. The second-order valence-corrected chi connectivity index (χ2v) is 7.74. The molecule has 4 rings (SSSR count). The van der Waals surface area contributed by atoms with E-state index in [0.717, 1.165) is 17.7 Å². The van der Waals surface area contributed by atoms with Gasteiger partial charge in [0.25, 0.3) is 0 Å². The summed E-state index contributed by atoms with van der Waals surface area (Å²) >= 11 is 6.05. The van der Waals surface area contributed by atoms with Crippen LogP contribution in [0, 0.1) is 0 Å². The lowest BCUT2D eigenvalue weighted by Crippen LogP contribution is -2.29. The van der Waals surface area contributed by atoms with Crippen LogP contribution < -0.4 is 15.5 Å². The number of carbonyl (C=O) groups excluding carboxylic acids is 2. The smallest absolute Gasteiger partial charge is 0.319 e. The number of nitrogens with one attached hydrogen (secondary N) is 2. The largest absolute Gasteiger partial charge is 0.339 e. The predicted molar refractivity (Wildman–Crippen MR) is 118 cm³/mol. The highest BCUT2D eigenvalue weighted by atomic mass is 35.5. The average molecular weight is 440 g/mol. The van der Waals surface area contributed by atoms with E-state index in [1.165, 1.54) is 0 Å². The van der Waals surface area contributed by atoms with Gasteiger partial charge in [0.1, 0.15) is 0 Å². The van der Waals surface area contributed by atoms with Crippen molar-refractivity contribution in [2.75, 3.05) is 23.3 Å². The number of amides is 3. The number of benzene rings is 2. The van der Waals surface area contributed by atoms with Crippen LogP contribution in [0.15, 0.2) is 53.1 Å². The van der Waals surface area contributed by atoms with Gasteiger partial charge >= 0.3 is 6.03 Å². The number of hydrogen-bond acceptors (Lipinski definition) is 5. The summed E-state index contributed by atoms with van der Waals surface area (Å²) < 4.78 is 5.45. The van der Waals surface area contributed by atoms with Crippen molar-refractivity contribution in [3.8, 4) is 11.4 Å². The monoisotopic (exact) mass is 439 g/mol. The van der Waals surface area contributed by atoms with Gasteiger partial charge in [0.05, 0.1) is 5.92 Å². The zero-order chi connectivity index (χ0) is 21.8. The van der Waals surface area contributed by atoms with E-state index in [0.29, 0.717) is 41.9 Å². The summed E-state index contributed by atoms with van der Waals surface area (Å²) in [5.41, 5.74) is 2.18. The highest BCUT2D eigenvalue weighted by Gasteiger charge is 2.35. The van der Waals surface area contributed by atoms with Crippen molar-refractivity contribution in [2.24, 2.45) is 0 Å². The van der Waals surface area contributed by atoms with Crippen molar-refractivity contribution < 1.29 is 14.1 Å². The fourth-order valence-corrected chi connectivity index (χ4v) is 3.59. The molecular weight excluding hydrogens is 418 g/mol. The van der Waals surface area contributed by atoms with Crippen molar-refractivity contribution >= 4 is 34.9 Å². The number of rotatable bonds is 6. The summed E-state index contributed by atoms with van der Waals surface area (Å²) in [6, 6.07) is 14.1. The minimum atomic E-state index is -0.244. The minimum absolute atomic E-state index is 0.0104. The van der Waals surface area contributed by atoms with E-state index < -0.39 is 0 Å². The number of halogens is 1. The Morgan fingerprint density at radius 1 is 1.26 bits per heavy atom. The summed E-state index contributed by atoms with van der Waals surface area (Å²) in [4.78, 5) is 30.4. The molecule has 0 bridgehead atoms. The molecule has 1 fully saturated rings. The lowest BCUT2D eigenvalue weighted by atomic mass is 10.1. The van der Waals surface area contributed by atoms with E-state index in [4.69, 9.17) is 16.1 Å². The fraction of sp³-hybridized carbons (Fsp3) is 0.273. The van der Waals surface area contributed by atoms with Crippen LogP contribution in [0.2, 0.25) is 5.02 Å². The van der Waals surface area contributed by atoms with Crippen molar-refractivity contribution in [3.63, 3.8) is 0 Å². The molecule has 3 amide bonds. The molecule has 1 aliphatic rings. The van der Waals surface area contributed by atoms with Gasteiger partial charge < -0.3 is 20.1 Å². The molecule has 2 N–H and O–H groups in total.